The lowest BCUT2D eigenvalue weighted by Crippen LogP contribution is -2.45. The molecule has 0 saturated heterocycles. The molecule has 0 aliphatic rings. The molecular formula is C12H17N3O2. The van der Waals surface area contributed by atoms with Crippen LogP contribution in [0, 0.1) is 0 Å². The Balaban J connectivity index is 2.49. The molecule has 0 bridgehead atoms. The molecule has 92 valence electrons. The number of hydrogen-bond acceptors (Lipinski definition) is 3. The third kappa shape index (κ3) is 4.14. The summed E-state index contributed by atoms with van der Waals surface area (Å²) in [6.07, 6.45) is 0. The van der Waals surface area contributed by atoms with Crippen LogP contribution in [-0.4, -0.2) is 31.4 Å². The van der Waals surface area contributed by atoms with Gasteiger partial charge in [-0.1, -0.05) is 18.2 Å². The predicted octanol–water partition coefficient (Wildman–Crippen LogP) is 0.113. The van der Waals surface area contributed by atoms with Gasteiger partial charge in [0.1, 0.15) is 6.04 Å². The Hall–Kier alpha value is -2.04. The maximum absolute atomic E-state index is 11.6. The first-order valence-corrected chi connectivity index (χ1v) is 5.35. The molecule has 1 unspecified atom stereocenters. The topological polar surface area (TPSA) is 75.4 Å². The second-order valence-electron chi connectivity index (χ2n) is 3.88. The fourth-order valence-electron chi connectivity index (χ4n) is 1.35. The van der Waals surface area contributed by atoms with Crippen molar-refractivity contribution < 1.29 is 9.59 Å². The van der Waals surface area contributed by atoms with Gasteiger partial charge in [0.2, 0.25) is 11.8 Å². The molecule has 1 aromatic rings. The molecule has 0 radical (unpaired) electrons. The molecule has 5 heteroatoms. The normalized spacial score (nSPS) is 11.6. The highest BCUT2D eigenvalue weighted by atomic mass is 16.2. The van der Waals surface area contributed by atoms with Crippen LogP contribution >= 0.6 is 0 Å². The van der Waals surface area contributed by atoms with Gasteiger partial charge in [-0.05, 0) is 19.1 Å². The number of para-hydroxylation sites is 1. The van der Waals surface area contributed by atoms with Crippen LogP contribution in [-0.2, 0) is 9.59 Å². The second kappa shape index (κ2) is 5.89. The van der Waals surface area contributed by atoms with E-state index in [4.69, 9.17) is 5.73 Å². The van der Waals surface area contributed by atoms with Gasteiger partial charge in [-0.2, -0.15) is 0 Å². The summed E-state index contributed by atoms with van der Waals surface area (Å²) in [6, 6.07) is 8.87. The molecule has 0 saturated carbocycles. The molecular weight excluding hydrogens is 218 g/mol. The Morgan fingerprint density at radius 1 is 1.35 bits per heavy atom. The number of primary amides is 1. The van der Waals surface area contributed by atoms with Gasteiger partial charge in [0.15, 0.2) is 0 Å². The van der Waals surface area contributed by atoms with E-state index in [1.807, 2.05) is 37.4 Å². The molecule has 0 fully saturated rings. The highest BCUT2D eigenvalue weighted by molar-refractivity contribution is 5.88. The molecule has 1 aromatic carbocycles. The standard InChI is InChI=1S/C12H17N3O2/c1-9(12(13)17)14-11(16)8-15(2)10-6-4-3-5-7-10/h3-7,9H,8H2,1-2H3,(H2,13,17)(H,14,16). The first kappa shape index (κ1) is 13.0. The molecule has 17 heavy (non-hydrogen) atoms. The number of carbonyl (C=O) groups excluding carboxylic acids is 2. The number of likely N-dealkylation sites (N-methyl/N-ethyl adjacent to an activating group) is 1. The van der Waals surface area contributed by atoms with Crippen LogP contribution in [0.25, 0.3) is 0 Å². The van der Waals surface area contributed by atoms with Crippen LogP contribution < -0.4 is 16.0 Å². The summed E-state index contributed by atoms with van der Waals surface area (Å²) >= 11 is 0. The van der Waals surface area contributed by atoms with Gasteiger partial charge >= 0.3 is 0 Å². The SMILES string of the molecule is CC(NC(=O)CN(C)c1ccccc1)C(N)=O. The predicted molar refractivity (Wildman–Crippen MR) is 66.5 cm³/mol. The van der Waals surface area contributed by atoms with Crippen LogP contribution in [0.15, 0.2) is 30.3 Å². The van der Waals surface area contributed by atoms with Gasteiger partial charge in [-0.15, -0.1) is 0 Å². The molecule has 1 atom stereocenters. The van der Waals surface area contributed by atoms with E-state index in [-0.39, 0.29) is 12.5 Å². The number of nitrogens with one attached hydrogen (secondary N) is 1. The van der Waals surface area contributed by atoms with E-state index in [9.17, 15) is 9.59 Å². The van der Waals surface area contributed by atoms with Crippen LogP contribution in [0.4, 0.5) is 5.69 Å². The lowest BCUT2D eigenvalue weighted by atomic mass is 10.3. The van der Waals surface area contributed by atoms with Gasteiger partial charge < -0.3 is 16.0 Å². The van der Waals surface area contributed by atoms with Crippen molar-refractivity contribution >= 4 is 17.5 Å². The largest absolute Gasteiger partial charge is 0.368 e. The van der Waals surface area contributed by atoms with Crippen LogP contribution in [0.3, 0.4) is 0 Å². The minimum Gasteiger partial charge on any atom is -0.368 e. The number of benzene rings is 1. The van der Waals surface area contributed by atoms with Gasteiger partial charge in [0, 0.05) is 12.7 Å². The van der Waals surface area contributed by atoms with E-state index in [0.717, 1.165) is 5.69 Å². The van der Waals surface area contributed by atoms with Gasteiger partial charge in [0.05, 0.1) is 6.54 Å². The highest BCUT2D eigenvalue weighted by Crippen LogP contribution is 2.09. The van der Waals surface area contributed by atoms with Crippen molar-refractivity contribution in [1.29, 1.82) is 0 Å². The Bertz CT molecular complexity index is 392. The molecule has 1 rings (SSSR count). The summed E-state index contributed by atoms with van der Waals surface area (Å²) in [4.78, 5) is 24.2. The van der Waals surface area contributed by atoms with Crippen LogP contribution in [0.5, 0.6) is 0 Å². The third-order valence-corrected chi connectivity index (χ3v) is 2.38. The van der Waals surface area contributed by atoms with E-state index >= 15 is 0 Å². The lowest BCUT2D eigenvalue weighted by Gasteiger charge is -2.19. The summed E-state index contributed by atoms with van der Waals surface area (Å²) in [7, 11) is 1.81. The summed E-state index contributed by atoms with van der Waals surface area (Å²) in [6.45, 7) is 1.74. The van der Waals surface area contributed by atoms with Gasteiger partial charge in [-0.3, -0.25) is 9.59 Å². The second-order valence-corrected chi connectivity index (χ2v) is 3.88. The van der Waals surface area contributed by atoms with E-state index in [2.05, 4.69) is 5.32 Å². The number of anilines is 1. The minimum atomic E-state index is -0.647. The van der Waals surface area contributed by atoms with Crippen molar-refractivity contribution in [3.8, 4) is 0 Å². The van der Waals surface area contributed by atoms with Crippen LogP contribution in [0.1, 0.15) is 6.92 Å². The third-order valence-electron chi connectivity index (χ3n) is 2.38. The zero-order chi connectivity index (χ0) is 12.8. The number of carbonyl (C=O) groups is 2. The fourth-order valence-corrected chi connectivity index (χ4v) is 1.35. The van der Waals surface area contributed by atoms with Gasteiger partial charge in [0.25, 0.3) is 0 Å². The Labute approximate surface area is 101 Å². The number of nitrogens with zero attached hydrogens (tertiary/aromatic N) is 1. The molecule has 0 aliphatic heterocycles. The maximum atomic E-state index is 11.6. The molecule has 0 aromatic heterocycles. The molecule has 0 heterocycles. The lowest BCUT2D eigenvalue weighted by molar-refractivity contribution is -0.126. The van der Waals surface area contributed by atoms with Crippen molar-refractivity contribution in [3.05, 3.63) is 30.3 Å². The quantitative estimate of drug-likeness (QED) is 0.760. The summed E-state index contributed by atoms with van der Waals surface area (Å²) in [5.41, 5.74) is 6.00. The Morgan fingerprint density at radius 2 is 1.94 bits per heavy atom. The number of nitrogens with two attached hydrogens (primary N) is 1. The van der Waals surface area contributed by atoms with Crippen molar-refractivity contribution in [2.75, 3.05) is 18.5 Å². The zero-order valence-electron chi connectivity index (χ0n) is 10.0. The molecule has 2 amide bonds. The van der Waals surface area contributed by atoms with Crippen LogP contribution in [0.2, 0.25) is 0 Å². The van der Waals surface area contributed by atoms with E-state index in [0.29, 0.717) is 0 Å². The van der Waals surface area contributed by atoms with Gasteiger partial charge in [-0.25, -0.2) is 0 Å². The van der Waals surface area contributed by atoms with E-state index < -0.39 is 11.9 Å². The van der Waals surface area contributed by atoms with E-state index in [1.54, 1.807) is 11.8 Å². The van der Waals surface area contributed by atoms with Crippen molar-refractivity contribution in [1.82, 2.24) is 5.32 Å². The Morgan fingerprint density at radius 3 is 2.47 bits per heavy atom. The average molecular weight is 235 g/mol. The van der Waals surface area contributed by atoms with Crippen molar-refractivity contribution in [2.45, 2.75) is 13.0 Å². The molecule has 0 aliphatic carbocycles. The zero-order valence-corrected chi connectivity index (χ0v) is 10.0. The Kier molecular flexibility index (Phi) is 4.51. The molecule has 3 N–H and O–H groups in total. The summed E-state index contributed by atoms with van der Waals surface area (Å²) in [5.74, 6) is -0.775. The first-order chi connectivity index (χ1) is 8.00. The highest BCUT2D eigenvalue weighted by Gasteiger charge is 2.13. The summed E-state index contributed by atoms with van der Waals surface area (Å²) in [5, 5.41) is 2.52. The fraction of sp³-hybridized carbons (Fsp3) is 0.333. The number of hydrogen-bond donors (Lipinski definition) is 2. The average Bonchev–Trinajstić information content (AvgIpc) is 2.29. The van der Waals surface area contributed by atoms with E-state index in [1.165, 1.54) is 0 Å². The summed E-state index contributed by atoms with van der Waals surface area (Å²) < 4.78 is 0. The number of rotatable bonds is 5. The number of amides is 2. The molecule has 0 spiro atoms. The smallest absolute Gasteiger partial charge is 0.240 e. The van der Waals surface area contributed by atoms with Crippen molar-refractivity contribution in [2.24, 2.45) is 5.73 Å². The first-order valence-electron chi connectivity index (χ1n) is 5.35. The maximum Gasteiger partial charge on any atom is 0.240 e. The monoisotopic (exact) mass is 235 g/mol. The molecule has 5 nitrogen and oxygen atoms in total. The van der Waals surface area contributed by atoms with Crippen molar-refractivity contribution in [3.63, 3.8) is 0 Å². The minimum absolute atomic E-state index is 0.182.